The van der Waals surface area contributed by atoms with Crippen molar-refractivity contribution in [2.45, 2.75) is 57.9 Å². The van der Waals surface area contributed by atoms with Crippen LogP contribution in [-0.2, 0) is 13.1 Å². The zero-order valence-corrected chi connectivity index (χ0v) is 23.7. The van der Waals surface area contributed by atoms with Crippen LogP contribution in [0.1, 0.15) is 70.1 Å². The predicted octanol–water partition coefficient (Wildman–Crippen LogP) is 5.17. The Morgan fingerprint density at radius 2 is 1.44 bits per heavy atom. The molecule has 2 fully saturated rings. The average Bonchev–Trinajstić information content (AvgIpc) is 3.29. The van der Waals surface area contributed by atoms with Crippen molar-refractivity contribution in [3.05, 3.63) is 107 Å². The third-order valence-electron chi connectivity index (χ3n) is 7.97. The van der Waals surface area contributed by atoms with Gasteiger partial charge in [-0.15, -0.1) is 0 Å². The van der Waals surface area contributed by atoms with E-state index < -0.39 is 5.97 Å². The fourth-order valence-electron chi connectivity index (χ4n) is 5.85. The Labute approximate surface area is 241 Å². The minimum atomic E-state index is -0.957. The van der Waals surface area contributed by atoms with Gasteiger partial charge in [-0.25, -0.2) is 9.59 Å². The number of carbonyl (C=O) groups excluding carboxylic acids is 2. The van der Waals surface area contributed by atoms with Gasteiger partial charge in [0, 0.05) is 50.4 Å². The lowest BCUT2D eigenvalue weighted by atomic mass is 9.98. The third-order valence-corrected chi connectivity index (χ3v) is 7.97. The van der Waals surface area contributed by atoms with Crippen LogP contribution in [0.2, 0.25) is 0 Å². The fraction of sp³-hybridized carbons (Fsp3) is 0.364. The van der Waals surface area contributed by atoms with E-state index in [1.165, 1.54) is 5.56 Å². The minimum Gasteiger partial charge on any atom is -0.478 e. The summed E-state index contributed by atoms with van der Waals surface area (Å²) in [6.45, 7) is 7.54. The molecule has 214 valence electrons. The maximum absolute atomic E-state index is 13.8. The summed E-state index contributed by atoms with van der Waals surface area (Å²) in [5.41, 5.74) is 4.13. The van der Waals surface area contributed by atoms with Gasteiger partial charge in [0.05, 0.1) is 11.6 Å². The Bertz CT molecular complexity index is 1350. The predicted molar refractivity (Wildman–Crippen MR) is 158 cm³/mol. The lowest BCUT2D eigenvalue weighted by molar-refractivity contribution is 0.0696. The molecule has 41 heavy (non-hydrogen) atoms. The van der Waals surface area contributed by atoms with E-state index >= 15 is 0 Å². The molecule has 8 nitrogen and oxygen atoms in total. The highest BCUT2D eigenvalue weighted by atomic mass is 16.4. The molecule has 1 atom stereocenters. The average molecular weight is 555 g/mol. The number of carbonyl (C=O) groups is 3. The molecule has 2 aliphatic heterocycles. The smallest absolute Gasteiger partial charge is 0.335 e. The number of likely N-dealkylation sites (tertiary alicyclic amines) is 1. The topological polar surface area (TPSA) is 93.2 Å². The lowest BCUT2D eigenvalue weighted by Gasteiger charge is -2.39. The van der Waals surface area contributed by atoms with Gasteiger partial charge in [-0.2, -0.15) is 0 Å². The molecule has 2 aliphatic rings. The van der Waals surface area contributed by atoms with Crippen LogP contribution < -0.4 is 5.32 Å². The van der Waals surface area contributed by atoms with E-state index in [0.29, 0.717) is 18.7 Å². The number of hydrogen-bond acceptors (Lipinski definition) is 4. The maximum Gasteiger partial charge on any atom is 0.335 e. The number of benzene rings is 3. The third kappa shape index (κ3) is 6.77. The van der Waals surface area contributed by atoms with Crippen LogP contribution in [0.3, 0.4) is 0 Å². The number of amides is 3. The largest absolute Gasteiger partial charge is 0.478 e. The molecular weight excluding hydrogens is 516 g/mol. The van der Waals surface area contributed by atoms with Gasteiger partial charge in [-0.1, -0.05) is 54.6 Å². The summed E-state index contributed by atoms with van der Waals surface area (Å²) in [7, 11) is 0. The van der Waals surface area contributed by atoms with Crippen LogP contribution in [0.15, 0.2) is 78.9 Å². The van der Waals surface area contributed by atoms with E-state index in [4.69, 9.17) is 0 Å². The summed E-state index contributed by atoms with van der Waals surface area (Å²) in [5, 5.41) is 12.1. The summed E-state index contributed by atoms with van der Waals surface area (Å²) < 4.78 is 0. The lowest BCUT2D eigenvalue weighted by Crippen LogP contribution is -2.47. The molecule has 0 radical (unpaired) electrons. The summed E-state index contributed by atoms with van der Waals surface area (Å²) in [5.74, 6) is -1.01. The van der Waals surface area contributed by atoms with E-state index in [1.807, 2.05) is 61.2 Å². The van der Waals surface area contributed by atoms with Crippen molar-refractivity contribution in [1.82, 2.24) is 20.0 Å². The second-order valence-corrected chi connectivity index (χ2v) is 11.3. The zero-order chi connectivity index (χ0) is 28.9. The van der Waals surface area contributed by atoms with Crippen LogP contribution in [0.5, 0.6) is 0 Å². The number of rotatable bonds is 9. The normalized spacial score (nSPS) is 18.2. The highest BCUT2D eigenvalue weighted by molar-refractivity contribution is 5.94. The van der Waals surface area contributed by atoms with Crippen LogP contribution in [0, 0.1) is 0 Å². The number of carboxylic acid groups (broad SMARTS) is 1. The summed E-state index contributed by atoms with van der Waals surface area (Å²) >= 11 is 0. The molecule has 2 heterocycles. The summed E-state index contributed by atoms with van der Waals surface area (Å²) in [4.78, 5) is 43.7. The molecule has 0 spiro atoms. The molecule has 0 bridgehead atoms. The van der Waals surface area contributed by atoms with Gasteiger partial charge < -0.3 is 20.2 Å². The number of carboxylic acids is 1. The molecule has 5 rings (SSSR count). The highest BCUT2D eigenvalue weighted by Crippen LogP contribution is 2.35. The van der Waals surface area contributed by atoms with Crippen molar-refractivity contribution in [2.24, 2.45) is 0 Å². The molecule has 1 unspecified atom stereocenters. The monoisotopic (exact) mass is 554 g/mol. The van der Waals surface area contributed by atoms with E-state index in [9.17, 15) is 19.5 Å². The van der Waals surface area contributed by atoms with E-state index in [-0.39, 0.29) is 35.6 Å². The Kier molecular flexibility index (Phi) is 8.69. The molecular formula is C33H38N4O4. The van der Waals surface area contributed by atoms with Crippen LogP contribution in [-0.4, -0.2) is 69.4 Å². The van der Waals surface area contributed by atoms with Crippen LogP contribution in [0.25, 0.3) is 0 Å². The van der Waals surface area contributed by atoms with Gasteiger partial charge in [0.25, 0.3) is 5.91 Å². The molecule has 3 aromatic carbocycles. The molecule has 0 saturated carbocycles. The zero-order valence-electron chi connectivity index (χ0n) is 23.7. The molecule has 3 aromatic rings. The molecule has 8 heteroatoms. The first-order valence-corrected chi connectivity index (χ1v) is 14.3. The van der Waals surface area contributed by atoms with E-state index in [2.05, 4.69) is 27.2 Å². The van der Waals surface area contributed by atoms with Crippen molar-refractivity contribution >= 4 is 17.9 Å². The quantitative estimate of drug-likeness (QED) is 0.381. The van der Waals surface area contributed by atoms with Crippen molar-refractivity contribution < 1.29 is 19.5 Å². The Balaban J connectivity index is 1.23. The minimum absolute atomic E-state index is 0.0249. The van der Waals surface area contributed by atoms with Gasteiger partial charge in [0.2, 0.25) is 0 Å². The van der Waals surface area contributed by atoms with Gasteiger partial charge >= 0.3 is 12.0 Å². The Hall–Kier alpha value is -4.17. The second-order valence-electron chi connectivity index (χ2n) is 11.3. The molecule has 0 aliphatic carbocycles. The molecule has 0 aromatic heterocycles. The van der Waals surface area contributed by atoms with Crippen molar-refractivity contribution in [1.29, 1.82) is 0 Å². The van der Waals surface area contributed by atoms with E-state index in [1.54, 1.807) is 24.3 Å². The number of aromatic carboxylic acids is 1. The summed E-state index contributed by atoms with van der Waals surface area (Å²) in [6.07, 6.45) is 1.79. The van der Waals surface area contributed by atoms with Gasteiger partial charge in [0.1, 0.15) is 0 Å². The fourth-order valence-corrected chi connectivity index (χ4v) is 5.85. The number of nitrogens with one attached hydrogen (secondary N) is 1. The van der Waals surface area contributed by atoms with Gasteiger partial charge in [-0.3, -0.25) is 9.69 Å². The maximum atomic E-state index is 13.8. The first-order chi connectivity index (χ1) is 19.8. The number of nitrogens with zero attached hydrogens (tertiary/aromatic N) is 3. The molecule has 2 N–H and O–H groups in total. The Morgan fingerprint density at radius 1 is 0.854 bits per heavy atom. The van der Waals surface area contributed by atoms with E-state index in [0.717, 1.165) is 43.6 Å². The second kappa shape index (κ2) is 12.6. The molecule has 2 saturated heterocycles. The van der Waals surface area contributed by atoms with Crippen molar-refractivity contribution in [3.8, 4) is 0 Å². The van der Waals surface area contributed by atoms with Gasteiger partial charge in [0.15, 0.2) is 0 Å². The Morgan fingerprint density at radius 3 is 2.02 bits per heavy atom. The highest BCUT2D eigenvalue weighted by Gasteiger charge is 2.42. The standard InChI is InChI=1S/C33H38N4O4/c1-23(2)34-31(38)27-12-8-24(9-13-27)20-35-18-16-29(17-19-35)37-30(26-6-4-3-5-7-26)22-36(33(37)41)21-25-10-14-28(15-11-25)32(39)40/h3-15,23,29-30H,16-22H2,1-2H3,(H,34,38)(H,39,40). The van der Waals surface area contributed by atoms with Crippen molar-refractivity contribution in [2.75, 3.05) is 19.6 Å². The number of hydrogen-bond donors (Lipinski definition) is 2. The van der Waals surface area contributed by atoms with Crippen LogP contribution >= 0.6 is 0 Å². The first kappa shape index (κ1) is 28.4. The van der Waals surface area contributed by atoms with Crippen molar-refractivity contribution in [3.63, 3.8) is 0 Å². The van der Waals surface area contributed by atoms with Crippen LogP contribution in [0.4, 0.5) is 4.79 Å². The summed E-state index contributed by atoms with van der Waals surface area (Å²) in [6, 6.07) is 25.1. The molecule has 3 amide bonds. The number of urea groups is 1. The SMILES string of the molecule is CC(C)NC(=O)c1ccc(CN2CCC(N3C(=O)N(Cc4ccc(C(=O)O)cc4)CC3c3ccccc3)CC2)cc1. The number of piperidine rings is 1. The first-order valence-electron chi connectivity index (χ1n) is 14.3. The van der Waals surface area contributed by atoms with Gasteiger partial charge in [-0.05, 0) is 67.6 Å².